The summed E-state index contributed by atoms with van der Waals surface area (Å²) in [5.74, 6) is 0.536. The van der Waals surface area contributed by atoms with Crippen LogP contribution in [0.5, 0.6) is 5.75 Å². The maximum Gasteiger partial charge on any atom is 0.228 e. The van der Waals surface area contributed by atoms with Gasteiger partial charge in [-0.1, -0.05) is 50.2 Å². The Morgan fingerprint density at radius 1 is 1.12 bits per heavy atom. The SMILES string of the molecule is CC(C)C(=O)NC(=S)Nc1cccc(OCCc2ccccc2)c1. The number of benzene rings is 2. The lowest BCUT2D eigenvalue weighted by Gasteiger charge is -2.12. The van der Waals surface area contributed by atoms with Crippen molar-refractivity contribution in [1.29, 1.82) is 0 Å². The predicted molar refractivity (Wildman–Crippen MR) is 101 cm³/mol. The number of rotatable bonds is 6. The standard InChI is InChI=1S/C19H22N2O2S/c1-14(2)18(22)21-19(24)20-16-9-6-10-17(13-16)23-12-11-15-7-4-3-5-8-15/h3-10,13-14H,11-12H2,1-2H3,(H2,20,21,22,24). The zero-order valence-electron chi connectivity index (χ0n) is 13.9. The van der Waals surface area contributed by atoms with Crippen molar-refractivity contribution in [2.24, 2.45) is 5.92 Å². The Hall–Kier alpha value is -2.40. The van der Waals surface area contributed by atoms with Crippen molar-refractivity contribution in [2.45, 2.75) is 20.3 Å². The van der Waals surface area contributed by atoms with Gasteiger partial charge >= 0.3 is 0 Å². The smallest absolute Gasteiger partial charge is 0.228 e. The summed E-state index contributed by atoms with van der Waals surface area (Å²) in [6, 6.07) is 17.7. The minimum atomic E-state index is -0.114. The molecule has 0 saturated heterocycles. The van der Waals surface area contributed by atoms with Crippen LogP contribution in [0.1, 0.15) is 19.4 Å². The highest BCUT2D eigenvalue weighted by atomic mass is 32.1. The topological polar surface area (TPSA) is 50.4 Å². The second-order valence-electron chi connectivity index (χ2n) is 5.71. The van der Waals surface area contributed by atoms with Crippen LogP contribution in [0, 0.1) is 5.92 Å². The molecule has 0 heterocycles. The fourth-order valence-corrected chi connectivity index (χ4v) is 2.23. The lowest BCUT2D eigenvalue weighted by atomic mass is 10.2. The third kappa shape index (κ3) is 6.01. The number of hydrogen-bond donors (Lipinski definition) is 2. The zero-order chi connectivity index (χ0) is 17.4. The molecule has 0 radical (unpaired) electrons. The Balaban J connectivity index is 1.84. The van der Waals surface area contributed by atoms with Crippen LogP contribution in [0.2, 0.25) is 0 Å². The summed E-state index contributed by atoms with van der Waals surface area (Å²) in [5.41, 5.74) is 2.02. The van der Waals surface area contributed by atoms with Gasteiger partial charge in [-0.3, -0.25) is 4.79 Å². The van der Waals surface area contributed by atoms with Crippen molar-refractivity contribution in [2.75, 3.05) is 11.9 Å². The fourth-order valence-electron chi connectivity index (χ4n) is 2.01. The highest BCUT2D eigenvalue weighted by Gasteiger charge is 2.09. The number of amides is 1. The molecule has 0 aliphatic heterocycles. The van der Waals surface area contributed by atoms with E-state index in [0.717, 1.165) is 17.9 Å². The number of anilines is 1. The Kier molecular flexibility index (Phi) is 6.75. The first-order valence-corrected chi connectivity index (χ1v) is 8.34. The number of carbonyl (C=O) groups is 1. The van der Waals surface area contributed by atoms with E-state index < -0.39 is 0 Å². The normalized spacial score (nSPS) is 10.3. The largest absolute Gasteiger partial charge is 0.493 e. The van der Waals surface area contributed by atoms with Gasteiger partial charge in [0.05, 0.1) is 6.61 Å². The molecule has 0 saturated carbocycles. The second-order valence-corrected chi connectivity index (χ2v) is 6.12. The van der Waals surface area contributed by atoms with Crippen LogP contribution < -0.4 is 15.4 Å². The van der Waals surface area contributed by atoms with Crippen molar-refractivity contribution in [3.8, 4) is 5.75 Å². The summed E-state index contributed by atoms with van der Waals surface area (Å²) in [6.45, 7) is 4.24. The molecule has 0 atom stereocenters. The van der Waals surface area contributed by atoms with Gasteiger partial charge in [0.15, 0.2) is 5.11 Å². The van der Waals surface area contributed by atoms with Crippen molar-refractivity contribution < 1.29 is 9.53 Å². The molecule has 0 aliphatic carbocycles. The fraction of sp³-hybridized carbons (Fsp3) is 0.263. The minimum absolute atomic E-state index is 0.109. The van der Waals surface area contributed by atoms with Gasteiger partial charge in [0.1, 0.15) is 5.75 Å². The molecule has 0 aromatic heterocycles. The Morgan fingerprint density at radius 2 is 1.88 bits per heavy atom. The summed E-state index contributed by atoms with van der Waals surface area (Å²) in [6.07, 6.45) is 0.849. The summed E-state index contributed by atoms with van der Waals surface area (Å²) in [7, 11) is 0. The van der Waals surface area contributed by atoms with Crippen molar-refractivity contribution in [1.82, 2.24) is 5.32 Å². The molecule has 2 N–H and O–H groups in total. The lowest BCUT2D eigenvalue weighted by molar-refractivity contribution is -0.122. The van der Waals surface area contributed by atoms with E-state index >= 15 is 0 Å². The van der Waals surface area contributed by atoms with E-state index in [1.165, 1.54) is 5.56 Å². The molecule has 2 rings (SSSR count). The summed E-state index contributed by atoms with van der Waals surface area (Å²) in [5, 5.41) is 5.94. The van der Waals surface area contributed by atoms with E-state index in [2.05, 4.69) is 22.8 Å². The molecule has 0 aliphatic rings. The van der Waals surface area contributed by atoms with Crippen LogP contribution in [0.4, 0.5) is 5.69 Å². The molecule has 2 aromatic rings. The first-order chi connectivity index (χ1) is 11.5. The van der Waals surface area contributed by atoms with Gasteiger partial charge in [0, 0.05) is 24.1 Å². The van der Waals surface area contributed by atoms with Crippen LogP contribution in [-0.4, -0.2) is 17.6 Å². The Bertz CT molecular complexity index is 687. The molecule has 0 fully saturated rings. The summed E-state index contributed by atoms with van der Waals surface area (Å²) in [4.78, 5) is 11.6. The van der Waals surface area contributed by atoms with Crippen molar-refractivity contribution in [3.63, 3.8) is 0 Å². The number of carbonyl (C=O) groups excluding carboxylic acids is 1. The molecule has 2 aromatic carbocycles. The number of thiocarbonyl (C=S) groups is 1. The predicted octanol–water partition coefficient (Wildman–Crippen LogP) is 3.78. The highest BCUT2D eigenvalue weighted by molar-refractivity contribution is 7.80. The van der Waals surface area contributed by atoms with Crippen molar-refractivity contribution in [3.05, 3.63) is 60.2 Å². The van der Waals surface area contributed by atoms with Crippen LogP contribution in [-0.2, 0) is 11.2 Å². The highest BCUT2D eigenvalue weighted by Crippen LogP contribution is 2.17. The molecule has 1 amide bonds. The molecule has 0 unspecified atom stereocenters. The maximum absolute atomic E-state index is 11.6. The van der Waals surface area contributed by atoms with Gasteiger partial charge in [0.2, 0.25) is 5.91 Å². The second kappa shape index (κ2) is 9.03. The van der Waals surface area contributed by atoms with Crippen LogP contribution in [0.15, 0.2) is 54.6 Å². The van der Waals surface area contributed by atoms with E-state index in [0.29, 0.717) is 6.61 Å². The molecule has 0 bridgehead atoms. The monoisotopic (exact) mass is 342 g/mol. The van der Waals surface area contributed by atoms with Gasteiger partial charge in [-0.25, -0.2) is 0 Å². The zero-order valence-corrected chi connectivity index (χ0v) is 14.7. The van der Waals surface area contributed by atoms with Gasteiger partial charge in [-0.2, -0.15) is 0 Å². The summed E-state index contributed by atoms with van der Waals surface area (Å²) >= 11 is 5.14. The van der Waals surface area contributed by atoms with E-state index in [1.807, 2.05) is 56.3 Å². The van der Waals surface area contributed by atoms with E-state index in [-0.39, 0.29) is 16.9 Å². The number of hydrogen-bond acceptors (Lipinski definition) is 3. The van der Waals surface area contributed by atoms with Gasteiger partial charge < -0.3 is 15.4 Å². The van der Waals surface area contributed by atoms with Crippen LogP contribution >= 0.6 is 12.2 Å². The third-order valence-electron chi connectivity index (χ3n) is 3.36. The molecule has 4 nitrogen and oxygen atoms in total. The Morgan fingerprint density at radius 3 is 2.58 bits per heavy atom. The third-order valence-corrected chi connectivity index (χ3v) is 3.56. The molecule has 126 valence electrons. The molecule has 24 heavy (non-hydrogen) atoms. The maximum atomic E-state index is 11.6. The first-order valence-electron chi connectivity index (χ1n) is 7.93. The summed E-state index contributed by atoms with van der Waals surface area (Å²) < 4.78 is 5.78. The Labute approximate surface area is 148 Å². The van der Waals surface area contributed by atoms with Crippen molar-refractivity contribution >= 4 is 28.9 Å². The number of nitrogens with one attached hydrogen (secondary N) is 2. The minimum Gasteiger partial charge on any atom is -0.493 e. The van der Waals surface area contributed by atoms with Crippen LogP contribution in [0.3, 0.4) is 0 Å². The van der Waals surface area contributed by atoms with Gasteiger partial charge in [0.25, 0.3) is 0 Å². The van der Waals surface area contributed by atoms with Crippen LogP contribution in [0.25, 0.3) is 0 Å². The van der Waals surface area contributed by atoms with E-state index in [4.69, 9.17) is 17.0 Å². The average molecular weight is 342 g/mol. The molecular formula is C19H22N2O2S. The molecule has 5 heteroatoms. The van der Waals surface area contributed by atoms with E-state index in [1.54, 1.807) is 0 Å². The average Bonchev–Trinajstić information content (AvgIpc) is 2.56. The van der Waals surface area contributed by atoms with Gasteiger partial charge in [-0.05, 0) is 29.9 Å². The lowest BCUT2D eigenvalue weighted by Crippen LogP contribution is -2.36. The number of ether oxygens (including phenoxy) is 1. The molecule has 0 spiro atoms. The van der Waals surface area contributed by atoms with Gasteiger partial charge in [-0.15, -0.1) is 0 Å². The first kappa shape index (κ1) is 17.9. The molecular weight excluding hydrogens is 320 g/mol. The quantitative estimate of drug-likeness (QED) is 0.785. The van der Waals surface area contributed by atoms with E-state index in [9.17, 15) is 4.79 Å².